The number of benzene rings is 1. The summed E-state index contributed by atoms with van der Waals surface area (Å²) < 4.78 is 13.4. The Labute approximate surface area is 94.1 Å². The topological polar surface area (TPSA) is 44.1 Å². The smallest absolute Gasteiger partial charge is 0.257 e. The number of hydrogen-bond donors (Lipinski definition) is 0. The van der Waals surface area contributed by atoms with Gasteiger partial charge in [0.05, 0.1) is 11.6 Å². The molecule has 1 rings (SSSR count). The van der Waals surface area contributed by atoms with Gasteiger partial charge in [-0.05, 0) is 26.0 Å². The molecule has 1 unspecified atom stereocenters. The molecular formula is C12H13FN2O. The second-order valence-electron chi connectivity index (χ2n) is 3.70. The molecule has 84 valence electrons. The van der Waals surface area contributed by atoms with E-state index in [1.165, 1.54) is 24.1 Å². The van der Waals surface area contributed by atoms with Crippen molar-refractivity contribution in [3.8, 4) is 6.07 Å². The van der Waals surface area contributed by atoms with E-state index in [0.717, 1.165) is 5.56 Å². The van der Waals surface area contributed by atoms with Crippen LogP contribution in [0.3, 0.4) is 0 Å². The molecule has 4 heteroatoms. The summed E-state index contributed by atoms with van der Waals surface area (Å²) in [6.07, 6.45) is 0. The van der Waals surface area contributed by atoms with E-state index in [2.05, 4.69) is 0 Å². The summed E-state index contributed by atoms with van der Waals surface area (Å²) in [5, 5.41) is 8.69. The van der Waals surface area contributed by atoms with Crippen molar-refractivity contribution in [2.45, 2.75) is 19.9 Å². The minimum atomic E-state index is -0.576. The second kappa shape index (κ2) is 4.75. The van der Waals surface area contributed by atoms with E-state index >= 15 is 0 Å². The van der Waals surface area contributed by atoms with Gasteiger partial charge in [0.1, 0.15) is 11.9 Å². The number of rotatable bonds is 2. The number of hydrogen-bond acceptors (Lipinski definition) is 2. The van der Waals surface area contributed by atoms with E-state index in [-0.39, 0.29) is 5.56 Å². The highest BCUT2D eigenvalue weighted by molar-refractivity contribution is 5.94. The molecule has 0 spiro atoms. The molecule has 0 aliphatic heterocycles. The summed E-state index contributed by atoms with van der Waals surface area (Å²) in [6.45, 7) is 3.37. The van der Waals surface area contributed by atoms with Crippen LogP contribution in [0.5, 0.6) is 0 Å². The second-order valence-corrected chi connectivity index (χ2v) is 3.70. The lowest BCUT2D eigenvalue weighted by Gasteiger charge is -2.19. The third-order valence-electron chi connectivity index (χ3n) is 2.44. The lowest BCUT2D eigenvalue weighted by atomic mass is 10.1. The highest BCUT2D eigenvalue weighted by Gasteiger charge is 2.20. The fourth-order valence-corrected chi connectivity index (χ4v) is 1.26. The number of carbonyl (C=O) groups is 1. The molecule has 0 aliphatic carbocycles. The lowest BCUT2D eigenvalue weighted by Crippen LogP contribution is -2.34. The SMILES string of the molecule is Cc1ccc(F)c(C(=O)N(C)C(C)C#N)c1. The van der Waals surface area contributed by atoms with Gasteiger partial charge in [-0.25, -0.2) is 4.39 Å². The Hall–Kier alpha value is -1.89. The van der Waals surface area contributed by atoms with Crippen molar-refractivity contribution < 1.29 is 9.18 Å². The molecule has 0 radical (unpaired) electrons. The first-order chi connectivity index (χ1) is 7.47. The van der Waals surface area contributed by atoms with Gasteiger partial charge in [-0.3, -0.25) is 4.79 Å². The Bertz CT molecular complexity index is 451. The number of carbonyl (C=O) groups excluding carboxylic acids is 1. The molecule has 1 aromatic rings. The molecule has 0 aromatic heterocycles. The van der Waals surface area contributed by atoms with Crippen molar-refractivity contribution in [1.82, 2.24) is 4.90 Å². The third kappa shape index (κ3) is 2.37. The van der Waals surface area contributed by atoms with E-state index < -0.39 is 17.8 Å². The molecule has 0 heterocycles. The summed E-state index contributed by atoms with van der Waals surface area (Å²) in [7, 11) is 1.48. The highest BCUT2D eigenvalue weighted by Crippen LogP contribution is 2.13. The summed E-state index contributed by atoms with van der Waals surface area (Å²) in [6, 6.07) is 5.69. The van der Waals surface area contributed by atoms with Gasteiger partial charge < -0.3 is 4.90 Å². The Morgan fingerprint density at radius 3 is 2.75 bits per heavy atom. The standard InChI is InChI=1S/C12H13FN2O/c1-8-4-5-11(13)10(6-8)12(16)15(3)9(2)7-14/h4-6,9H,1-3H3. The van der Waals surface area contributed by atoms with Crippen LogP contribution >= 0.6 is 0 Å². The zero-order chi connectivity index (χ0) is 12.3. The van der Waals surface area contributed by atoms with Crippen LogP contribution in [0.25, 0.3) is 0 Å². The quantitative estimate of drug-likeness (QED) is 0.766. The normalized spacial score (nSPS) is 11.7. The van der Waals surface area contributed by atoms with Crippen LogP contribution < -0.4 is 0 Å². The van der Waals surface area contributed by atoms with Gasteiger partial charge >= 0.3 is 0 Å². The number of nitriles is 1. The largest absolute Gasteiger partial charge is 0.326 e. The van der Waals surface area contributed by atoms with Crippen LogP contribution in [-0.4, -0.2) is 23.9 Å². The monoisotopic (exact) mass is 220 g/mol. The Morgan fingerprint density at radius 1 is 1.56 bits per heavy atom. The summed E-state index contributed by atoms with van der Waals surface area (Å²) in [5.74, 6) is -1.04. The molecule has 1 aromatic carbocycles. The Morgan fingerprint density at radius 2 is 2.19 bits per heavy atom. The number of aryl methyl sites for hydroxylation is 1. The van der Waals surface area contributed by atoms with Crippen molar-refractivity contribution in [3.63, 3.8) is 0 Å². The first-order valence-electron chi connectivity index (χ1n) is 4.90. The first kappa shape index (κ1) is 12.2. The van der Waals surface area contributed by atoms with Gasteiger partial charge in [0, 0.05) is 7.05 Å². The molecule has 16 heavy (non-hydrogen) atoms. The fraction of sp³-hybridized carbons (Fsp3) is 0.333. The zero-order valence-corrected chi connectivity index (χ0v) is 9.49. The van der Waals surface area contributed by atoms with Crippen LogP contribution in [0.15, 0.2) is 18.2 Å². The van der Waals surface area contributed by atoms with Crippen molar-refractivity contribution in [3.05, 3.63) is 35.1 Å². The molecule has 0 aliphatic rings. The molecule has 1 amide bonds. The zero-order valence-electron chi connectivity index (χ0n) is 9.49. The van der Waals surface area contributed by atoms with E-state index in [1.54, 1.807) is 19.9 Å². The Balaban J connectivity index is 3.06. The van der Waals surface area contributed by atoms with Crippen LogP contribution in [0, 0.1) is 24.1 Å². The van der Waals surface area contributed by atoms with Crippen LogP contribution in [0.1, 0.15) is 22.8 Å². The molecular weight excluding hydrogens is 207 g/mol. The van der Waals surface area contributed by atoms with E-state index in [1.807, 2.05) is 6.07 Å². The fourth-order valence-electron chi connectivity index (χ4n) is 1.26. The predicted octanol–water partition coefficient (Wildman–Crippen LogP) is 2.12. The summed E-state index contributed by atoms with van der Waals surface area (Å²) in [4.78, 5) is 13.1. The summed E-state index contributed by atoms with van der Waals surface area (Å²) in [5.41, 5.74) is 0.812. The minimum absolute atomic E-state index is 0.00426. The maximum Gasteiger partial charge on any atom is 0.257 e. The van der Waals surface area contributed by atoms with Crippen LogP contribution in [-0.2, 0) is 0 Å². The van der Waals surface area contributed by atoms with Crippen molar-refractivity contribution >= 4 is 5.91 Å². The number of halogens is 1. The molecule has 0 bridgehead atoms. The average Bonchev–Trinajstić information content (AvgIpc) is 2.29. The van der Waals surface area contributed by atoms with Crippen molar-refractivity contribution in [2.24, 2.45) is 0 Å². The van der Waals surface area contributed by atoms with Gasteiger partial charge in [0.15, 0.2) is 0 Å². The minimum Gasteiger partial charge on any atom is -0.326 e. The number of amides is 1. The van der Waals surface area contributed by atoms with Gasteiger partial charge in [0.2, 0.25) is 0 Å². The van der Waals surface area contributed by atoms with Gasteiger partial charge in [-0.1, -0.05) is 11.6 Å². The van der Waals surface area contributed by atoms with Crippen LogP contribution in [0.4, 0.5) is 4.39 Å². The Kier molecular flexibility index (Phi) is 3.62. The molecule has 0 saturated carbocycles. The average molecular weight is 220 g/mol. The molecule has 0 N–H and O–H groups in total. The van der Waals surface area contributed by atoms with E-state index in [4.69, 9.17) is 5.26 Å². The lowest BCUT2D eigenvalue weighted by molar-refractivity contribution is 0.0768. The van der Waals surface area contributed by atoms with Gasteiger partial charge in [-0.2, -0.15) is 5.26 Å². The van der Waals surface area contributed by atoms with Gasteiger partial charge in [0.25, 0.3) is 5.91 Å². The molecule has 1 atom stereocenters. The van der Waals surface area contributed by atoms with Crippen molar-refractivity contribution in [1.29, 1.82) is 5.26 Å². The van der Waals surface area contributed by atoms with E-state index in [9.17, 15) is 9.18 Å². The van der Waals surface area contributed by atoms with E-state index in [0.29, 0.717) is 0 Å². The van der Waals surface area contributed by atoms with Crippen LogP contribution in [0.2, 0.25) is 0 Å². The first-order valence-corrected chi connectivity index (χ1v) is 4.90. The molecule has 0 fully saturated rings. The maximum absolute atomic E-state index is 13.4. The summed E-state index contributed by atoms with van der Waals surface area (Å²) >= 11 is 0. The van der Waals surface area contributed by atoms with Gasteiger partial charge in [-0.15, -0.1) is 0 Å². The highest BCUT2D eigenvalue weighted by atomic mass is 19.1. The van der Waals surface area contributed by atoms with Crippen molar-refractivity contribution in [2.75, 3.05) is 7.05 Å². The third-order valence-corrected chi connectivity index (χ3v) is 2.44. The molecule has 3 nitrogen and oxygen atoms in total. The molecule has 0 saturated heterocycles. The predicted molar refractivity (Wildman–Crippen MR) is 58.3 cm³/mol. The number of nitrogens with zero attached hydrogens (tertiary/aromatic N) is 2. The maximum atomic E-state index is 13.4.